The maximum absolute atomic E-state index is 3.52. The van der Waals surface area contributed by atoms with Crippen LogP contribution in [0.5, 0.6) is 0 Å². The van der Waals surface area contributed by atoms with Crippen molar-refractivity contribution in [2.24, 2.45) is 5.92 Å². The molecule has 1 rings (SSSR count). The van der Waals surface area contributed by atoms with E-state index in [1.165, 1.54) is 38.2 Å². The van der Waals surface area contributed by atoms with Crippen LogP contribution in [-0.4, -0.2) is 48.1 Å². The molecule has 1 aliphatic heterocycles. The van der Waals surface area contributed by atoms with Crippen molar-refractivity contribution in [1.82, 2.24) is 10.2 Å². The van der Waals surface area contributed by atoms with Gasteiger partial charge in [0.25, 0.3) is 0 Å². The molecule has 2 unspecified atom stereocenters. The Morgan fingerprint density at radius 3 is 2.76 bits per heavy atom. The van der Waals surface area contributed by atoms with Crippen LogP contribution in [-0.2, 0) is 0 Å². The molecule has 0 bridgehead atoms. The monoisotopic (exact) mass is 258 g/mol. The molecule has 0 aliphatic carbocycles. The van der Waals surface area contributed by atoms with Gasteiger partial charge in [-0.3, -0.25) is 4.90 Å². The molecule has 0 amide bonds. The minimum absolute atomic E-state index is 0.761. The van der Waals surface area contributed by atoms with Gasteiger partial charge in [-0.25, -0.2) is 0 Å². The number of thioether (sulfide) groups is 1. The fraction of sp³-hybridized carbons (Fsp3) is 1.00. The number of nitrogens with one attached hydrogen (secondary N) is 1. The van der Waals surface area contributed by atoms with Crippen LogP contribution in [0.3, 0.4) is 0 Å². The highest BCUT2D eigenvalue weighted by Gasteiger charge is 2.24. The van der Waals surface area contributed by atoms with E-state index in [9.17, 15) is 0 Å². The van der Waals surface area contributed by atoms with Crippen molar-refractivity contribution < 1.29 is 0 Å². The first kappa shape index (κ1) is 15.3. The molecule has 3 heteroatoms. The van der Waals surface area contributed by atoms with Crippen LogP contribution in [0.2, 0.25) is 0 Å². The Morgan fingerprint density at radius 2 is 2.06 bits per heavy atom. The highest BCUT2D eigenvalue weighted by atomic mass is 32.2. The molecule has 0 saturated carbocycles. The van der Waals surface area contributed by atoms with Gasteiger partial charge in [-0.1, -0.05) is 20.8 Å². The lowest BCUT2D eigenvalue weighted by Crippen LogP contribution is -2.45. The van der Waals surface area contributed by atoms with Gasteiger partial charge in [-0.2, -0.15) is 11.8 Å². The van der Waals surface area contributed by atoms with Crippen molar-refractivity contribution >= 4 is 11.8 Å². The van der Waals surface area contributed by atoms with Crippen LogP contribution >= 0.6 is 11.8 Å². The van der Waals surface area contributed by atoms with Crippen LogP contribution in [0.1, 0.15) is 40.5 Å². The fourth-order valence-electron chi connectivity index (χ4n) is 2.27. The molecule has 1 heterocycles. The predicted octanol–water partition coefficient (Wildman–Crippen LogP) is 2.84. The molecule has 17 heavy (non-hydrogen) atoms. The van der Waals surface area contributed by atoms with E-state index in [0.29, 0.717) is 0 Å². The summed E-state index contributed by atoms with van der Waals surface area (Å²) in [7, 11) is 0. The second kappa shape index (κ2) is 8.39. The average Bonchev–Trinajstić information content (AvgIpc) is 2.28. The topological polar surface area (TPSA) is 15.3 Å². The molecule has 0 aromatic heterocycles. The molecule has 1 saturated heterocycles. The van der Waals surface area contributed by atoms with Gasteiger partial charge >= 0.3 is 0 Å². The van der Waals surface area contributed by atoms with Gasteiger partial charge in [0.05, 0.1) is 0 Å². The first-order valence-electron chi connectivity index (χ1n) is 7.17. The van der Waals surface area contributed by atoms with Gasteiger partial charge in [0.2, 0.25) is 0 Å². The summed E-state index contributed by atoms with van der Waals surface area (Å²) in [6.45, 7) is 14.2. The molecule has 0 spiro atoms. The molecule has 1 fully saturated rings. The highest BCUT2D eigenvalue weighted by molar-refractivity contribution is 8.00. The Kier molecular flexibility index (Phi) is 7.56. The van der Waals surface area contributed by atoms with Crippen LogP contribution < -0.4 is 5.32 Å². The molecule has 0 aromatic rings. The molecule has 1 N–H and O–H groups in total. The van der Waals surface area contributed by atoms with Gasteiger partial charge in [0, 0.05) is 23.6 Å². The minimum atomic E-state index is 0.761. The molecule has 1 aliphatic rings. The van der Waals surface area contributed by atoms with Crippen molar-refractivity contribution in [3.63, 3.8) is 0 Å². The van der Waals surface area contributed by atoms with Gasteiger partial charge in [0.15, 0.2) is 0 Å². The number of nitrogens with zero attached hydrogens (tertiary/aromatic N) is 1. The Balaban J connectivity index is 2.02. The zero-order chi connectivity index (χ0) is 12.7. The number of unbranched alkanes of at least 4 members (excludes halogenated alkanes) is 1. The summed E-state index contributed by atoms with van der Waals surface area (Å²) in [4.78, 5) is 2.67. The predicted molar refractivity (Wildman–Crippen MR) is 79.9 cm³/mol. The lowest BCUT2D eigenvalue weighted by molar-refractivity contribution is 0.209. The first-order valence-corrected chi connectivity index (χ1v) is 8.22. The lowest BCUT2D eigenvalue weighted by atomic mass is 10.2. The number of hydrogen-bond donors (Lipinski definition) is 1. The molecule has 0 radical (unpaired) electrons. The second-order valence-electron chi connectivity index (χ2n) is 5.66. The second-order valence-corrected chi connectivity index (χ2v) is 7.14. The first-order chi connectivity index (χ1) is 8.11. The van der Waals surface area contributed by atoms with E-state index in [0.717, 1.165) is 23.8 Å². The van der Waals surface area contributed by atoms with Crippen molar-refractivity contribution in [3.8, 4) is 0 Å². The molecule has 2 nitrogen and oxygen atoms in total. The van der Waals surface area contributed by atoms with Gasteiger partial charge < -0.3 is 5.32 Å². The average molecular weight is 258 g/mol. The van der Waals surface area contributed by atoms with E-state index >= 15 is 0 Å². The summed E-state index contributed by atoms with van der Waals surface area (Å²) >= 11 is 2.13. The third kappa shape index (κ3) is 6.12. The zero-order valence-corrected chi connectivity index (χ0v) is 12.9. The normalized spacial score (nSPS) is 26.6. The SMILES string of the molecule is CC(C)CNCCCCN1CCSC(C)C1C. The zero-order valence-electron chi connectivity index (χ0n) is 12.0. The van der Waals surface area contributed by atoms with Crippen LogP contribution in [0.25, 0.3) is 0 Å². The molecular weight excluding hydrogens is 228 g/mol. The summed E-state index contributed by atoms with van der Waals surface area (Å²) in [5, 5.41) is 4.33. The van der Waals surface area contributed by atoms with Gasteiger partial charge in [0.1, 0.15) is 0 Å². The van der Waals surface area contributed by atoms with Crippen molar-refractivity contribution in [2.75, 3.05) is 31.9 Å². The van der Waals surface area contributed by atoms with Gasteiger partial charge in [-0.15, -0.1) is 0 Å². The third-order valence-electron chi connectivity index (χ3n) is 3.62. The lowest BCUT2D eigenvalue weighted by Gasteiger charge is -2.37. The standard InChI is InChI=1S/C14H30N2S/c1-12(2)11-15-7-5-6-8-16-9-10-17-14(4)13(16)3/h12-15H,5-11H2,1-4H3. The quantitative estimate of drug-likeness (QED) is 0.707. The molecule has 2 atom stereocenters. The smallest absolute Gasteiger partial charge is 0.0184 e. The highest BCUT2D eigenvalue weighted by Crippen LogP contribution is 2.24. The summed E-state index contributed by atoms with van der Waals surface area (Å²) in [6.07, 6.45) is 2.66. The molecule has 102 valence electrons. The Morgan fingerprint density at radius 1 is 1.29 bits per heavy atom. The van der Waals surface area contributed by atoms with Crippen molar-refractivity contribution in [1.29, 1.82) is 0 Å². The van der Waals surface area contributed by atoms with E-state index in [1.54, 1.807) is 0 Å². The van der Waals surface area contributed by atoms with Crippen LogP contribution in [0, 0.1) is 5.92 Å². The summed E-state index contributed by atoms with van der Waals surface area (Å²) in [5.74, 6) is 2.09. The number of hydrogen-bond acceptors (Lipinski definition) is 3. The van der Waals surface area contributed by atoms with Crippen LogP contribution in [0.15, 0.2) is 0 Å². The van der Waals surface area contributed by atoms with E-state index in [4.69, 9.17) is 0 Å². The maximum atomic E-state index is 3.52. The van der Waals surface area contributed by atoms with E-state index in [1.807, 2.05) is 0 Å². The third-order valence-corrected chi connectivity index (χ3v) is 4.95. The maximum Gasteiger partial charge on any atom is 0.0184 e. The summed E-state index contributed by atoms with van der Waals surface area (Å²) in [6, 6.07) is 0.761. The van der Waals surface area contributed by atoms with Crippen molar-refractivity contribution in [3.05, 3.63) is 0 Å². The largest absolute Gasteiger partial charge is 0.316 e. The van der Waals surface area contributed by atoms with E-state index < -0.39 is 0 Å². The Labute approximate surface area is 112 Å². The summed E-state index contributed by atoms with van der Waals surface area (Å²) in [5.41, 5.74) is 0. The van der Waals surface area contributed by atoms with Crippen LogP contribution in [0.4, 0.5) is 0 Å². The van der Waals surface area contributed by atoms with Crippen molar-refractivity contribution in [2.45, 2.75) is 51.8 Å². The number of rotatable bonds is 7. The van der Waals surface area contributed by atoms with Gasteiger partial charge in [-0.05, 0) is 45.3 Å². The molecular formula is C14H30N2S. The van der Waals surface area contributed by atoms with E-state index in [-0.39, 0.29) is 0 Å². The Bertz CT molecular complexity index is 197. The summed E-state index contributed by atoms with van der Waals surface area (Å²) < 4.78 is 0. The minimum Gasteiger partial charge on any atom is -0.316 e. The molecule has 0 aromatic carbocycles. The fourth-order valence-corrected chi connectivity index (χ4v) is 3.43. The van der Waals surface area contributed by atoms with E-state index in [2.05, 4.69) is 49.7 Å². The Hall–Kier alpha value is 0.270.